The first-order valence-electron chi connectivity index (χ1n) is 11.0. The number of anilines is 1. The summed E-state index contributed by atoms with van der Waals surface area (Å²) in [5.74, 6) is -0.169. The zero-order chi connectivity index (χ0) is 23.3. The van der Waals surface area contributed by atoms with Crippen LogP contribution in [-0.4, -0.2) is 44.5 Å². The molecule has 0 bridgehead atoms. The lowest BCUT2D eigenvalue weighted by molar-refractivity contribution is -0.122. The summed E-state index contributed by atoms with van der Waals surface area (Å²) in [4.78, 5) is 15.0. The molecule has 1 atom stereocenters. The molecule has 2 aromatic carbocycles. The number of benzene rings is 2. The summed E-state index contributed by atoms with van der Waals surface area (Å²) in [6, 6.07) is 13.8. The van der Waals surface area contributed by atoms with Gasteiger partial charge in [0.2, 0.25) is 15.9 Å². The largest absolute Gasteiger partial charge is 0.372 e. The molecule has 8 heteroatoms. The smallest absolute Gasteiger partial charge is 0.235 e. The van der Waals surface area contributed by atoms with Crippen LogP contribution in [0, 0.1) is 11.7 Å². The van der Waals surface area contributed by atoms with E-state index in [0.717, 1.165) is 35.1 Å². The van der Waals surface area contributed by atoms with Crippen molar-refractivity contribution in [2.24, 2.45) is 5.92 Å². The van der Waals surface area contributed by atoms with Crippen molar-refractivity contribution in [1.29, 1.82) is 0 Å². The van der Waals surface area contributed by atoms with Crippen molar-refractivity contribution in [1.82, 2.24) is 9.62 Å². The second-order valence-electron chi connectivity index (χ2n) is 8.67. The first kappa shape index (κ1) is 24.2. The summed E-state index contributed by atoms with van der Waals surface area (Å²) in [6.07, 6.45) is 3.40. The van der Waals surface area contributed by atoms with E-state index >= 15 is 0 Å². The van der Waals surface area contributed by atoms with Gasteiger partial charge in [-0.1, -0.05) is 37.3 Å². The predicted octanol–water partition coefficient (Wildman–Crippen LogP) is 3.70. The molecule has 6 nitrogen and oxygen atoms in total. The minimum absolute atomic E-state index is 0.198. The molecule has 174 valence electrons. The maximum atomic E-state index is 14.0. The van der Waals surface area contributed by atoms with E-state index in [1.165, 1.54) is 36.7 Å². The van der Waals surface area contributed by atoms with Crippen LogP contribution in [0.15, 0.2) is 48.5 Å². The molecule has 1 amide bonds. The van der Waals surface area contributed by atoms with Crippen molar-refractivity contribution >= 4 is 21.6 Å². The van der Waals surface area contributed by atoms with Gasteiger partial charge in [-0.05, 0) is 49.4 Å². The molecule has 0 saturated carbocycles. The van der Waals surface area contributed by atoms with Gasteiger partial charge < -0.3 is 10.2 Å². The van der Waals surface area contributed by atoms with E-state index in [4.69, 9.17) is 0 Å². The highest BCUT2D eigenvalue weighted by Crippen LogP contribution is 2.24. The van der Waals surface area contributed by atoms with Gasteiger partial charge in [0.05, 0.1) is 18.8 Å². The van der Waals surface area contributed by atoms with Gasteiger partial charge in [0.15, 0.2) is 0 Å². The number of rotatable bonds is 8. The van der Waals surface area contributed by atoms with Crippen molar-refractivity contribution in [3.63, 3.8) is 0 Å². The fourth-order valence-corrected chi connectivity index (χ4v) is 4.60. The maximum Gasteiger partial charge on any atom is 0.235 e. The summed E-state index contributed by atoms with van der Waals surface area (Å²) in [5, 5.41) is 2.85. The van der Waals surface area contributed by atoms with Crippen LogP contribution in [0.3, 0.4) is 0 Å². The zero-order valence-electron chi connectivity index (χ0n) is 18.9. The Morgan fingerprint density at radius 1 is 1.16 bits per heavy atom. The highest BCUT2D eigenvalue weighted by Gasteiger charge is 2.23. The number of carbonyl (C=O) groups excluding carboxylic acids is 1. The first-order valence-corrected chi connectivity index (χ1v) is 12.8. The lowest BCUT2D eigenvalue weighted by Crippen LogP contribution is -2.40. The number of hydrogen-bond acceptors (Lipinski definition) is 4. The van der Waals surface area contributed by atoms with Gasteiger partial charge >= 0.3 is 0 Å². The molecular formula is C24H32FN3O3S. The van der Waals surface area contributed by atoms with Crippen LogP contribution in [0.2, 0.25) is 0 Å². The van der Waals surface area contributed by atoms with Crippen molar-refractivity contribution < 1.29 is 17.6 Å². The van der Waals surface area contributed by atoms with Crippen LogP contribution < -0.4 is 10.2 Å². The van der Waals surface area contributed by atoms with Gasteiger partial charge in [-0.2, -0.15) is 4.31 Å². The number of nitrogens with zero attached hydrogens (tertiary/aromatic N) is 2. The first-order chi connectivity index (χ1) is 15.1. The van der Waals surface area contributed by atoms with E-state index in [9.17, 15) is 17.6 Å². The van der Waals surface area contributed by atoms with Crippen LogP contribution in [0.4, 0.5) is 10.1 Å². The van der Waals surface area contributed by atoms with E-state index in [1.54, 1.807) is 6.07 Å². The van der Waals surface area contributed by atoms with E-state index in [1.807, 2.05) is 19.1 Å². The van der Waals surface area contributed by atoms with E-state index in [2.05, 4.69) is 29.3 Å². The number of piperidine rings is 1. The van der Waals surface area contributed by atoms with Gasteiger partial charge in [0.1, 0.15) is 5.82 Å². The standard InChI is InChI=1S/C24H32FN3O3S/c1-18-12-14-27(15-13-18)22-10-8-20(9-11-22)19(2)26-24(29)17-28(32(3,30)31)16-21-6-4-5-7-23(21)25/h4-11,18-19H,12-17H2,1-3H3,(H,26,29)/t19-/m0/s1. The van der Waals surface area contributed by atoms with E-state index in [-0.39, 0.29) is 24.7 Å². The van der Waals surface area contributed by atoms with Crippen LogP contribution in [0.5, 0.6) is 0 Å². The van der Waals surface area contributed by atoms with Gasteiger partial charge in [-0.25, -0.2) is 12.8 Å². The lowest BCUT2D eigenvalue weighted by atomic mass is 9.98. The monoisotopic (exact) mass is 461 g/mol. The molecule has 0 unspecified atom stereocenters. The normalized spacial score (nSPS) is 16.2. The molecule has 1 heterocycles. The lowest BCUT2D eigenvalue weighted by Gasteiger charge is -2.32. The molecule has 0 aliphatic carbocycles. The van der Waals surface area contributed by atoms with E-state index in [0.29, 0.717) is 0 Å². The number of sulfonamides is 1. The van der Waals surface area contributed by atoms with E-state index < -0.39 is 21.7 Å². The molecule has 0 spiro atoms. The average Bonchev–Trinajstić information content (AvgIpc) is 2.74. The molecule has 0 radical (unpaired) electrons. The Morgan fingerprint density at radius 3 is 2.38 bits per heavy atom. The summed E-state index contributed by atoms with van der Waals surface area (Å²) in [5.41, 5.74) is 2.33. The van der Waals surface area contributed by atoms with Crippen molar-refractivity contribution in [2.75, 3.05) is 30.8 Å². The Labute approximate surface area is 190 Å². The highest BCUT2D eigenvalue weighted by atomic mass is 32.2. The van der Waals surface area contributed by atoms with Crippen LogP contribution in [0.1, 0.15) is 43.9 Å². The number of amides is 1. The molecule has 1 saturated heterocycles. The summed E-state index contributed by atoms with van der Waals surface area (Å²) < 4.78 is 39.3. The number of carbonyl (C=O) groups is 1. The molecule has 1 fully saturated rings. The molecule has 0 aromatic heterocycles. The Hall–Kier alpha value is -2.45. The third-order valence-corrected chi connectivity index (χ3v) is 7.21. The molecule has 32 heavy (non-hydrogen) atoms. The second kappa shape index (κ2) is 10.4. The minimum atomic E-state index is -3.70. The Bertz CT molecular complexity index is 1020. The average molecular weight is 462 g/mol. The molecular weight excluding hydrogens is 429 g/mol. The topological polar surface area (TPSA) is 69.7 Å². The third kappa shape index (κ3) is 6.53. The highest BCUT2D eigenvalue weighted by molar-refractivity contribution is 7.88. The molecule has 1 aliphatic heterocycles. The Kier molecular flexibility index (Phi) is 7.90. The van der Waals surface area contributed by atoms with Crippen molar-refractivity contribution in [3.8, 4) is 0 Å². The predicted molar refractivity (Wildman–Crippen MR) is 125 cm³/mol. The van der Waals surface area contributed by atoms with Gasteiger partial charge in [-0.3, -0.25) is 4.79 Å². The zero-order valence-corrected chi connectivity index (χ0v) is 19.7. The molecule has 3 rings (SSSR count). The van der Waals surface area contributed by atoms with Gasteiger partial charge in [0.25, 0.3) is 0 Å². The quantitative estimate of drug-likeness (QED) is 0.651. The van der Waals surface area contributed by atoms with Crippen molar-refractivity contribution in [3.05, 3.63) is 65.5 Å². The van der Waals surface area contributed by atoms with Crippen LogP contribution in [-0.2, 0) is 21.4 Å². The SMILES string of the molecule is CC1CCN(c2ccc([C@H](C)NC(=O)CN(Cc3ccccc3F)S(C)(=O)=O)cc2)CC1. The minimum Gasteiger partial charge on any atom is -0.372 e. The number of nitrogens with one attached hydrogen (secondary N) is 1. The number of hydrogen-bond donors (Lipinski definition) is 1. The second-order valence-corrected chi connectivity index (χ2v) is 10.7. The van der Waals surface area contributed by atoms with Crippen molar-refractivity contribution in [2.45, 2.75) is 39.3 Å². The van der Waals surface area contributed by atoms with Crippen LogP contribution >= 0.6 is 0 Å². The Morgan fingerprint density at radius 2 is 1.78 bits per heavy atom. The molecule has 2 aromatic rings. The summed E-state index contributed by atoms with van der Waals surface area (Å²) in [7, 11) is -3.70. The van der Waals surface area contributed by atoms with Gasteiger partial charge in [0, 0.05) is 30.9 Å². The number of halogens is 1. The maximum absolute atomic E-state index is 14.0. The molecule has 1 N–H and O–H groups in total. The molecule has 1 aliphatic rings. The van der Waals surface area contributed by atoms with Crippen LogP contribution in [0.25, 0.3) is 0 Å². The summed E-state index contributed by atoms with van der Waals surface area (Å²) >= 11 is 0. The fourth-order valence-electron chi connectivity index (χ4n) is 3.88. The Balaban J connectivity index is 1.60. The van der Waals surface area contributed by atoms with Gasteiger partial charge in [-0.15, -0.1) is 0 Å². The summed E-state index contributed by atoms with van der Waals surface area (Å²) in [6.45, 7) is 5.67. The third-order valence-electron chi connectivity index (χ3n) is 6.01. The fraction of sp³-hybridized carbons (Fsp3) is 0.458.